The quantitative estimate of drug-likeness (QED) is 0.455. The normalized spacial score (nSPS) is 9.86. The van der Waals surface area contributed by atoms with Gasteiger partial charge in [-0.1, -0.05) is 12.2 Å². The smallest absolute Gasteiger partial charge is 0.169 e. The van der Waals surface area contributed by atoms with Crippen molar-refractivity contribution >= 4 is 11.5 Å². The molecule has 0 spiro atoms. The number of nitrogens with two attached hydrogens (primary N) is 1. The second-order valence-corrected chi connectivity index (χ2v) is 3.30. The Balaban J connectivity index is 3.00. The number of allylic oxidation sites excluding steroid dienone is 1. The van der Waals surface area contributed by atoms with Gasteiger partial charge in [0.25, 0.3) is 0 Å². The van der Waals surface area contributed by atoms with Crippen molar-refractivity contribution in [1.29, 1.82) is 0 Å². The predicted molar refractivity (Wildman–Crippen MR) is 54.6 cm³/mol. The summed E-state index contributed by atoms with van der Waals surface area (Å²) in [6.45, 7) is 5.32. The molecule has 3 heteroatoms. The minimum Gasteiger partial charge on any atom is -0.399 e. The summed E-state index contributed by atoms with van der Waals surface area (Å²) in [7, 11) is 0. The van der Waals surface area contributed by atoms with E-state index in [1.165, 1.54) is 18.2 Å². The van der Waals surface area contributed by atoms with Crippen LogP contribution in [0.1, 0.15) is 23.7 Å². The summed E-state index contributed by atoms with van der Waals surface area (Å²) >= 11 is 0. The number of benzene rings is 1. The zero-order valence-electron chi connectivity index (χ0n) is 8.01. The number of Topliss-reactive ketones (excluding diaryl/α,β-unsaturated/α-hetero) is 1. The van der Waals surface area contributed by atoms with E-state index < -0.39 is 5.82 Å². The van der Waals surface area contributed by atoms with Crippen molar-refractivity contribution in [3.63, 3.8) is 0 Å². The predicted octanol–water partition coefficient (Wildman–Crippen LogP) is 2.56. The van der Waals surface area contributed by atoms with Crippen LogP contribution < -0.4 is 5.73 Å². The zero-order chi connectivity index (χ0) is 10.7. The second-order valence-electron chi connectivity index (χ2n) is 3.30. The molecule has 1 aromatic rings. The Hall–Kier alpha value is -1.64. The largest absolute Gasteiger partial charge is 0.399 e. The molecule has 0 aromatic heterocycles. The lowest BCUT2D eigenvalue weighted by Gasteiger charge is -2.03. The Kier molecular flexibility index (Phi) is 3.02. The topological polar surface area (TPSA) is 43.1 Å². The first-order valence-electron chi connectivity index (χ1n) is 4.23. The van der Waals surface area contributed by atoms with Crippen molar-refractivity contribution in [2.45, 2.75) is 13.3 Å². The Morgan fingerprint density at radius 1 is 1.57 bits per heavy atom. The van der Waals surface area contributed by atoms with Gasteiger partial charge in [0.15, 0.2) is 5.78 Å². The van der Waals surface area contributed by atoms with Crippen molar-refractivity contribution in [3.05, 3.63) is 41.7 Å². The summed E-state index contributed by atoms with van der Waals surface area (Å²) < 4.78 is 13.2. The number of carbonyl (C=O) groups excluding carboxylic acids is 1. The van der Waals surface area contributed by atoms with Crippen LogP contribution in [0.2, 0.25) is 0 Å². The van der Waals surface area contributed by atoms with Gasteiger partial charge in [-0.3, -0.25) is 4.79 Å². The van der Waals surface area contributed by atoms with Gasteiger partial charge in [-0.15, -0.1) is 0 Å². The van der Waals surface area contributed by atoms with E-state index in [0.29, 0.717) is 11.3 Å². The minimum atomic E-state index is -0.537. The molecule has 0 atom stereocenters. The van der Waals surface area contributed by atoms with Crippen molar-refractivity contribution in [2.24, 2.45) is 0 Å². The molecule has 1 aromatic carbocycles. The summed E-state index contributed by atoms with van der Waals surface area (Å²) in [5, 5.41) is 0. The highest BCUT2D eigenvalue weighted by Gasteiger charge is 2.11. The number of hydrogen-bond donors (Lipinski definition) is 1. The molecule has 0 radical (unpaired) electrons. The Labute approximate surface area is 82.2 Å². The number of hydrogen-bond acceptors (Lipinski definition) is 2. The summed E-state index contributed by atoms with van der Waals surface area (Å²) in [6, 6.07) is 3.97. The van der Waals surface area contributed by atoms with Gasteiger partial charge in [0.1, 0.15) is 5.82 Å². The SMILES string of the molecule is C=C(C)CC(=O)c1cc(N)ccc1F. The molecule has 74 valence electrons. The number of carbonyl (C=O) groups is 1. The molecule has 0 aliphatic rings. The van der Waals surface area contributed by atoms with Crippen molar-refractivity contribution in [1.82, 2.24) is 0 Å². The summed E-state index contributed by atoms with van der Waals surface area (Å²) in [4.78, 5) is 11.5. The van der Waals surface area contributed by atoms with E-state index in [-0.39, 0.29) is 17.8 Å². The molecule has 1 rings (SSSR count). The van der Waals surface area contributed by atoms with Crippen LogP contribution in [0, 0.1) is 5.82 Å². The molecular weight excluding hydrogens is 181 g/mol. The van der Waals surface area contributed by atoms with Gasteiger partial charge < -0.3 is 5.73 Å². The van der Waals surface area contributed by atoms with Crippen LogP contribution in [0.4, 0.5) is 10.1 Å². The molecule has 0 heterocycles. The maximum Gasteiger partial charge on any atom is 0.169 e. The molecule has 0 amide bonds. The van der Waals surface area contributed by atoms with Gasteiger partial charge in [-0.25, -0.2) is 4.39 Å². The van der Waals surface area contributed by atoms with E-state index in [1.54, 1.807) is 6.92 Å². The number of anilines is 1. The van der Waals surface area contributed by atoms with Gasteiger partial charge in [0.2, 0.25) is 0 Å². The highest BCUT2D eigenvalue weighted by molar-refractivity contribution is 5.98. The van der Waals surface area contributed by atoms with E-state index in [4.69, 9.17) is 5.73 Å². The zero-order valence-corrected chi connectivity index (χ0v) is 8.01. The standard InChI is InChI=1S/C11H12FNO/c1-7(2)5-11(14)9-6-8(13)3-4-10(9)12/h3-4,6H,1,5,13H2,2H3. The highest BCUT2D eigenvalue weighted by atomic mass is 19.1. The molecule has 2 N–H and O–H groups in total. The Morgan fingerprint density at radius 2 is 2.21 bits per heavy atom. The fraction of sp³-hybridized carbons (Fsp3) is 0.182. The van der Waals surface area contributed by atoms with Crippen LogP contribution in [0.15, 0.2) is 30.4 Å². The molecule has 0 saturated heterocycles. The lowest BCUT2D eigenvalue weighted by atomic mass is 10.0. The summed E-state index contributed by atoms with van der Waals surface area (Å²) in [5.41, 5.74) is 6.58. The number of ketones is 1. The Bertz CT molecular complexity index is 385. The fourth-order valence-corrected chi connectivity index (χ4v) is 1.13. The highest BCUT2D eigenvalue weighted by Crippen LogP contribution is 2.15. The van der Waals surface area contributed by atoms with Crippen LogP contribution in [0.25, 0.3) is 0 Å². The van der Waals surface area contributed by atoms with Gasteiger partial charge in [-0.05, 0) is 25.1 Å². The molecular formula is C11H12FNO. The third kappa shape index (κ3) is 2.42. The lowest BCUT2D eigenvalue weighted by Crippen LogP contribution is -2.03. The second kappa shape index (κ2) is 4.05. The molecule has 0 unspecified atom stereocenters. The van der Waals surface area contributed by atoms with Gasteiger partial charge in [0, 0.05) is 12.1 Å². The number of nitrogen functional groups attached to an aromatic ring is 1. The first-order valence-corrected chi connectivity index (χ1v) is 4.23. The molecule has 0 saturated carbocycles. The van der Waals surface area contributed by atoms with E-state index in [2.05, 4.69) is 6.58 Å². The third-order valence-electron chi connectivity index (χ3n) is 1.75. The summed E-state index contributed by atoms with van der Waals surface area (Å²) in [6.07, 6.45) is 0.153. The van der Waals surface area contributed by atoms with E-state index in [0.717, 1.165) is 0 Å². The van der Waals surface area contributed by atoms with E-state index in [1.807, 2.05) is 0 Å². The van der Waals surface area contributed by atoms with Crippen LogP contribution in [-0.4, -0.2) is 5.78 Å². The van der Waals surface area contributed by atoms with Gasteiger partial charge >= 0.3 is 0 Å². The third-order valence-corrected chi connectivity index (χ3v) is 1.75. The van der Waals surface area contributed by atoms with Gasteiger partial charge in [0.05, 0.1) is 5.56 Å². The minimum absolute atomic E-state index is 0.0352. The molecule has 0 aliphatic carbocycles. The lowest BCUT2D eigenvalue weighted by molar-refractivity contribution is 0.0989. The monoisotopic (exact) mass is 193 g/mol. The molecule has 14 heavy (non-hydrogen) atoms. The molecule has 2 nitrogen and oxygen atoms in total. The molecule has 0 aliphatic heterocycles. The van der Waals surface area contributed by atoms with Crippen LogP contribution in [-0.2, 0) is 0 Å². The van der Waals surface area contributed by atoms with Crippen LogP contribution in [0.5, 0.6) is 0 Å². The average molecular weight is 193 g/mol. The van der Waals surface area contributed by atoms with Crippen molar-refractivity contribution in [2.75, 3.05) is 5.73 Å². The average Bonchev–Trinajstić information content (AvgIpc) is 2.08. The van der Waals surface area contributed by atoms with Crippen molar-refractivity contribution < 1.29 is 9.18 Å². The first kappa shape index (κ1) is 10.4. The fourth-order valence-electron chi connectivity index (χ4n) is 1.13. The maximum atomic E-state index is 13.2. The maximum absolute atomic E-state index is 13.2. The van der Waals surface area contributed by atoms with Crippen molar-refractivity contribution in [3.8, 4) is 0 Å². The van der Waals surface area contributed by atoms with E-state index in [9.17, 15) is 9.18 Å². The number of rotatable bonds is 3. The molecule has 0 bridgehead atoms. The van der Waals surface area contributed by atoms with Gasteiger partial charge in [-0.2, -0.15) is 0 Å². The first-order chi connectivity index (χ1) is 6.50. The summed E-state index contributed by atoms with van der Waals surface area (Å²) in [5.74, 6) is -0.826. The Morgan fingerprint density at radius 3 is 2.79 bits per heavy atom. The van der Waals surface area contributed by atoms with Crippen LogP contribution in [0.3, 0.4) is 0 Å². The number of halogens is 1. The molecule has 0 fully saturated rings. The van der Waals surface area contributed by atoms with Crippen LogP contribution >= 0.6 is 0 Å². The van der Waals surface area contributed by atoms with E-state index >= 15 is 0 Å².